The lowest BCUT2D eigenvalue weighted by Crippen LogP contribution is -2.35. The molecule has 0 bridgehead atoms. The number of aromatic nitrogens is 2. The van der Waals surface area contributed by atoms with E-state index in [2.05, 4.69) is 15.3 Å². The summed E-state index contributed by atoms with van der Waals surface area (Å²) in [5.74, 6) is 0. The molecule has 17 heavy (non-hydrogen) atoms. The van der Waals surface area contributed by atoms with Crippen LogP contribution in [0.4, 0.5) is 5.69 Å². The summed E-state index contributed by atoms with van der Waals surface area (Å²) >= 11 is 5.46. The lowest BCUT2D eigenvalue weighted by molar-refractivity contribution is 0.441. The van der Waals surface area contributed by atoms with E-state index in [1.807, 2.05) is 24.9 Å². The Labute approximate surface area is 108 Å². The SMILES string of the molecule is Cc1nn(C)cc1NC(=S)N1CCCCCC1. The zero-order valence-corrected chi connectivity index (χ0v) is 11.4. The summed E-state index contributed by atoms with van der Waals surface area (Å²) in [7, 11) is 1.92. The number of thiocarbonyl (C=S) groups is 1. The van der Waals surface area contributed by atoms with Crippen molar-refractivity contribution in [2.75, 3.05) is 18.4 Å². The third kappa shape index (κ3) is 3.19. The summed E-state index contributed by atoms with van der Waals surface area (Å²) in [5, 5.41) is 8.44. The predicted molar refractivity (Wildman–Crippen MR) is 74.2 cm³/mol. The number of nitrogens with one attached hydrogen (secondary N) is 1. The molecule has 94 valence electrons. The largest absolute Gasteiger partial charge is 0.349 e. The van der Waals surface area contributed by atoms with E-state index < -0.39 is 0 Å². The van der Waals surface area contributed by atoms with Crippen molar-refractivity contribution in [2.24, 2.45) is 7.05 Å². The molecule has 0 amide bonds. The van der Waals surface area contributed by atoms with Crippen molar-refractivity contribution >= 4 is 23.0 Å². The van der Waals surface area contributed by atoms with Crippen molar-refractivity contribution in [3.63, 3.8) is 0 Å². The van der Waals surface area contributed by atoms with Gasteiger partial charge in [0.05, 0.1) is 11.4 Å². The Morgan fingerprint density at radius 3 is 2.47 bits per heavy atom. The molecule has 0 aliphatic carbocycles. The van der Waals surface area contributed by atoms with Gasteiger partial charge in [0, 0.05) is 26.3 Å². The average Bonchev–Trinajstić information content (AvgIpc) is 2.54. The van der Waals surface area contributed by atoms with Crippen molar-refractivity contribution in [1.82, 2.24) is 14.7 Å². The molecule has 1 N–H and O–H groups in total. The van der Waals surface area contributed by atoms with Crippen LogP contribution in [0.5, 0.6) is 0 Å². The van der Waals surface area contributed by atoms with Gasteiger partial charge in [-0.1, -0.05) is 12.8 Å². The number of hydrogen-bond acceptors (Lipinski definition) is 2. The van der Waals surface area contributed by atoms with Crippen molar-refractivity contribution in [3.8, 4) is 0 Å². The number of hydrogen-bond donors (Lipinski definition) is 1. The van der Waals surface area contributed by atoms with E-state index in [1.54, 1.807) is 0 Å². The van der Waals surface area contributed by atoms with Crippen molar-refractivity contribution in [1.29, 1.82) is 0 Å². The maximum Gasteiger partial charge on any atom is 0.173 e. The average molecular weight is 252 g/mol. The Morgan fingerprint density at radius 2 is 1.94 bits per heavy atom. The molecule has 2 heterocycles. The van der Waals surface area contributed by atoms with E-state index in [1.165, 1.54) is 25.7 Å². The Kier molecular flexibility index (Phi) is 3.99. The van der Waals surface area contributed by atoms with Crippen LogP contribution in [-0.4, -0.2) is 32.9 Å². The van der Waals surface area contributed by atoms with E-state index in [9.17, 15) is 0 Å². The molecule has 0 aromatic carbocycles. The van der Waals surface area contributed by atoms with Gasteiger partial charge in [-0.25, -0.2) is 0 Å². The molecule has 1 saturated heterocycles. The van der Waals surface area contributed by atoms with E-state index in [-0.39, 0.29) is 0 Å². The van der Waals surface area contributed by atoms with E-state index in [0.29, 0.717) is 0 Å². The molecular weight excluding hydrogens is 232 g/mol. The quantitative estimate of drug-likeness (QED) is 0.778. The van der Waals surface area contributed by atoms with E-state index >= 15 is 0 Å². The van der Waals surface area contributed by atoms with Crippen LogP contribution in [0.1, 0.15) is 31.4 Å². The summed E-state index contributed by atoms with van der Waals surface area (Å²) in [6.45, 7) is 4.14. The molecule has 1 aliphatic heterocycles. The van der Waals surface area contributed by atoms with Gasteiger partial charge in [0.25, 0.3) is 0 Å². The topological polar surface area (TPSA) is 33.1 Å². The minimum absolute atomic E-state index is 0.836. The first kappa shape index (κ1) is 12.4. The minimum atomic E-state index is 0.836. The second-order valence-electron chi connectivity index (χ2n) is 4.63. The molecule has 0 unspecified atom stereocenters. The van der Waals surface area contributed by atoms with Gasteiger partial charge in [0.1, 0.15) is 0 Å². The maximum absolute atomic E-state index is 5.46. The summed E-state index contributed by atoms with van der Waals surface area (Å²) < 4.78 is 1.81. The summed E-state index contributed by atoms with van der Waals surface area (Å²) in [6, 6.07) is 0. The fourth-order valence-electron chi connectivity index (χ4n) is 2.19. The van der Waals surface area contributed by atoms with Gasteiger partial charge in [-0.15, -0.1) is 0 Å². The second kappa shape index (κ2) is 5.49. The highest BCUT2D eigenvalue weighted by Crippen LogP contribution is 2.15. The number of rotatable bonds is 1. The highest BCUT2D eigenvalue weighted by Gasteiger charge is 2.13. The van der Waals surface area contributed by atoms with Gasteiger partial charge in [-0.05, 0) is 32.0 Å². The number of nitrogens with zero attached hydrogens (tertiary/aromatic N) is 3. The van der Waals surface area contributed by atoms with Gasteiger partial charge in [-0.3, -0.25) is 4.68 Å². The molecule has 1 fully saturated rings. The molecule has 1 aromatic rings. The van der Waals surface area contributed by atoms with Crippen molar-refractivity contribution in [2.45, 2.75) is 32.6 Å². The molecule has 4 nitrogen and oxygen atoms in total. The Hall–Kier alpha value is -1.10. The third-order valence-electron chi connectivity index (χ3n) is 3.15. The van der Waals surface area contributed by atoms with Crippen LogP contribution in [0.3, 0.4) is 0 Å². The molecule has 1 aliphatic rings. The van der Waals surface area contributed by atoms with Crippen LogP contribution < -0.4 is 5.32 Å². The van der Waals surface area contributed by atoms with Crippen LogP contribution >= 0.6 is 12.2 Å². The molecule has 0 saturated carbocycles. The molecule has 0 radical (unpaired) electrons. The second-order valence-corrected chi connectivity index (χ2v) is 5.02. The van der Waals surface area contributed by atoms with Crippen molar-refractivity contribution < 1.29 is 0 Å². The monoisotopic (exact) mass is 252 g/mol. The van der Waals surface area contributed by atoms with Crippen LogP contribution in [0.2, 0.25) is 0 Å². The molecule has 1 aromatic heterocycles. The minimum Gasteiger partial charge on any atom is -0.349 e. The van der Waals surface area contributed by atoms with Crippen LogP contribution in [0.25, 0.3) is 0 Å². The zero-order valence-electron chi connectivity index (χ0n) is 10.6. The normalized spacial score (nSPS) is 16.7. The highest BCUT2D eigenvalue weighted by molar-refractivity contribution is 7.80. The van der Waals surface area contributed by atoms with Gasteiger partial charge in [0.2, 0.25) is 0 Å². The first-order valence-electron chi connectivity index (χ1n) is 6.23. The summed E-state index contributed by atoms with van der Waals surface area (Å²) in [6.07, 6.45) is 7.11. The fourth-order valence-corrected chi connectivity index (χ4v) is 2.48. The molecule has 2 rings (SSSR count). The molecular formula is C12H20N4S. The van der Waals surface area contributed by atoms with Gasteiger partial charge < -0.3 is 10.2 Å². The third-order valence-corrected chi connectivity index (χ3v) is 3.51. The van der Waals surface area contributed by atoms with Gasteiger partial charge in [-0.2, -0.15) is 5.10 Å². The smallest absolute Gasteiger partial charge is 0.173 e. The fraction of sp³-hybridized carbons (Fsp3) is 0.667. The predicted octanol–water partition coefficient (Wildman–Crippen LogP) is 2.30. The van der Waals surface area contributed by atoms with Crippen molar-refractivity contribution in [3.05, 3.63) is 11.9 Å². The lowest BCUT2D eigenvalue weighted by atomic mass is 10.2. The van der Waals surface area contributed by atoms with Crippen LogP contribution in [-0.2, 0) is 7.05 Å². The van der Waals surface area contributed by atoms with Crippen LogP contribution in [0.15, 0.2) is 6.20 Å². The summed E-state index contributed by atoms with van der Waals surface area (Å²) in [4.78, 5) is 2.27. The van der Waals surface area contributed by atoms with E-state index in [0.717, 1.165) is 29.6 Å². The molecule has 0 atom stereocenters. The Bertz CT molecular complexity index is 391. The first-order valence-corrected chi connectivity index (χ1v) is 6.64. The molecule has 5 heteroatoms. The van der Waals surface area contributed by atoms with Gasteiger partial charge in [0.15, 0.2) is 5.11 Å². The summed E-state index contributed by atoms with van der Waals surface area (Å²) in [5.41, 5.74) is 2.01. The zero-order chi connectivity index (χ0) is 12.3. The van der Waals surface area contributed by atoms with Gasteiger partial charge >= 0.3 is 0 Å². The standard InChI is InChI=1S/C12H20N4S/c1-10-11(9-15(2)14-10)13-12(17)16-7-5-3-4-6-8-16/h9H,3-8H2,1-2H3,(H,13,17). The highest BCUT2D eigenvalue weighted by atomic mass is 32.1. The Balaban J connectivity index is 1.98. The first-order chi connectivity index (χ1) is 8.16. The Morgan fingerprint density at radius 1 is 1.29 bits per heavy atom. The lowest BCUT2D eigenvalue weighted by Gasteiger charge is -2.23. The number of aryl methyl sites for hydroxylation is 2. The molecule has 0 spiro atoms. The number of anilines is 1. The number of likely N-dealkylation sites (tertiary alicyclic amines) is 1. The van der Waals surface area contributed by atoms with E-state index in [4.69, 9.17) is 12.2 Å². The van der Waals surface area contributed by atoms with Crippen LogP contribution in [0, 0.1) is 6.92 Å². The maximum atomic E-state index is 5.46.